The third kappa shape index (κ3) is 6.55. The average Bonchev–Trinajstić information content (AvgIpc) is 3.60. The molecule has 3 aromatic rings. The maximum Gasteiger partial charge on any atom is 0.280 e. The molecule has 1 aromatic carbocycles. The van der Waals surface area contributed by atoms with Crippen molar-refractivity contribution in [2.75, 3.05) is 38.7 Å². The second kappa shape index (κ2) is 11.5. The SMILES string of the molecule is C[C@H](CO)O/N=C(/C(=O)Nc1nc2ccc(OCC3CCN(C)C3)nc2s1)c1ccc(S(=O)(=O)C2CC2)cc1. The van der Waals surface area contributed by atoms with Gasteiger partial charge < -0.3 is 19.6 Å². The van der Waals surface area contributed by atoms with E-state index in [2.05, 4.69) is 32.4 Å². The zero-order valence-electron chi connectivity index (χ0n) is 21.7. The van der Waals surface area contributed by atoms with Crippen LogP contribution in [0, 0.1) is 5.92 Å². The molecule has 13 heteroatoms. The van der Waals surface area contributed by atoms with Crippen LogP contribution in [0.2, 0.25) is 0 Å². The number of aliphatic hydroxyl groups is 1. The first-order valence-corrected chi connectivity index (χ1v) is 15.2. The number of benzene rings is 1. The predicted molar refractivity (Wildman–Crippen MR) is 148 cm³/mol. The third-order valence-corrected chi connectivity index (χ3v) is 9.78. The van der Waals surface area contributed by atoms with E-state index in [4.69, 9.17) is 9.57 Å². The first-order chi connectivity index (χ1) is 18.7. The molecule has 2 atom stereocenters. The van der Waals surface area contributed by atoms with E-state index in [0.717, 1.165) is 19.5 Å². The van der Waals surface area contributed by atoms with Gasteiger partial charge in [-0.2, -0.15) is 0 Å². The zero-order valence-corrected chi connectivity index (χ0v) is 23.4. The van der Waals surface area contributed by atoms with Crippen LogP contribution >= 0.6 is 11.3 Å². The molecule has 2 aliphatic rings. The number of carbonyl (C=O) groups excluding carboxylic acids is 1. The maximum absolute atomic E-state index is 13.2. The molecule has 11 nitrogen and oxygen atoms in total. The fourth-order valence-corrected chi connectivity index (χ4v) is 6.71. The van der Waals surface area contributed by atoms with Gasteiger partial charge in [0, 0.05) is 24.1 Å². The van der Waals surface area contributed by atoms with Crippen LogP contribution < -0.4 is 10.1 Å². The molecule has 1 saturated heterocycles. The fraction of sp³-hybridized carbons (Fsp3) is 0.462. The number of aliphatic hydroxyl groups excluding tert-OH is 1. The smallest absolute Gasteiger partial charge is 0.280 e. The van der Waals surface area contributed by atoms with Gasteiger partial charge >= 0.3 is 0 Å². The summed E-state index contributed by atoms with van der Waals surface area (Å²) < 4.78 is 31.0. The Morgan fingerprint density at radius 2 is 1.97 bits per heavy atom. The van der Waals surface area contributed by atoms with E-state index < -0.39 is 21.8 Å². The highest BCUT2D eigenvalue weighted by Crippen LogP contribution is 2.33. The first-order valence-electron chi connectivity index (χ1n) is 12.8. The number of hydrogen-bond donors (Lipinski definition) is 2. The van der Waals surface area contributed by atoms with E-state index in [9.17, 15) is 18.3 Å². The summed E-state index contributed by atoms with van der Waals surface area (Å²) >= 11 is 1.20. The molecule has 1 amide bonds. The van der Waals surface area contributed by atoms with Crippen LogP contribution in [0.15, 0.2) is 46.4 Å². The number of anilines is 1. The Morgan fingerprint density at radius 1 is 1.21 bits per heavy atom. The minimum atomic E-state index is -3.37. The number of carbonyl (C=O) groups is 1. The number of nitrogens with one attached hydrogen (secondary N) is 1. The number of thiazole rings is 1. The summed E-state index contributed by atoms with van der Waals surface area (Å²) in [7, 11) is -1.27. The van der Waals surface area contributed by atoms with Crippen LogP contribution in [0.3, 0.4) is 0 Å². The number of pyridine rings is 1. The molecule has 2 N–H and O–H groups in total. The third-order valence-electron chi connectivity index (χ3n) is 6.62. The number of oxime groups is 1. The van der Waals surface area contributed by atoms with Gasteiger partial charge in [-0.25, -0.2) is 18.4 Å². The molecule has 208 valence electrons. The lowest BCUT2D eigenvalue weighted by molar-refractivity contribution is -0.110. The molecule has 39 heavy (non-hydrogen) atoms. The summed E-state index contributed by atoms with van der Waals surface area (Å²) in [5.41, 5.74) is 0.893. The number of rotatable bonds is 11. The van der Waals surface area contributed by atoms with Crippen molar-refractivity contribution in [2.24, 2.45) is 11.1 Å². The van der Waals surface area contributed by atoms with E-state index in [1.807, 2.05) is 0 Å². The van der Waals surface area contributed by atoms with Gasteiger partial charge in [-0.3, -0.25) is 10.1 Å². The van der Waals surface area contributed by atoms with Gasteiger partial charge in [-0.1, -0.05) is 28.6 Å². The monoisotopic (exact) mass is 573 g/mol. The number of aromatic nitrogens is 2. The van der Waals surface area contributed by atoms with Crippen molar-refractivity contribution in [1.82, 2.24) is 14.9 Å². The number of sulfone groups is 1. The van der Waals surface area contributed by atoms with E-state index >= 15 is 0 Å². The molecule has 0 spiro atoms. The number of hydrogen-bond acceptors (Lipinski definition) is 11. The summed E-state index contributed by atoms with van der Waals surface area (Å²) in [5.74, 6) is 0.382. The Labute approximate surface area is 230 Å². The zero-order chi connectivity index (χ0) is 27.6. The van der Waals surface area contributed by atoms with Crippen LogP contribution in [-0.2, 0) is 19.5 Å². The number of likely N-dealkylation sites (tertiary alicyclic amines) is 1. The Bertz CT molecular complexity index is 1470. The minimum Gasteiger partial charge on any atom is -0.477 e. The Kier molecular flexibility index (Phi) is 8.12. The van der Waals surface area contributed by atoms with Crippen molar-refractivity contribution in [1.29, 1.82) is 0 Å². The van der Waals surface area contributed by atoms with E-state index in [-0.39, 0.29) is 22.5 Å². The van der Waals surface area contributed by atoms with Crippen molar-refractivity contribution in [3.63, 3.8) is 0 Å². The lowest BCUT2D eigenvalue weighted by Crippen LogP contribution is -2.25. The number of ether oxygens (including phenoxy) is 1. The van der Waals surface area contributed by atoms with Gasteiger partial charge in [0.25, 0.3) is 5.91 Å². The topological polar surface area (TPSA) is 143 Å². The number of amides is 1. The molecule has 1 aliphatic carbocycles. The van der Waals surface area contributed by atoms with Crippen molar-refractivity contribution in [3.8, 4) is 5.88 Å². The second-order valence-electron chi connectivity index (χ2n) is 9.98. The van der Waals surface area contributed by atoms with Gasteiger partial charge in [0.2, 0.25) is 5.88 Å². The number of fused-ring (bicyclic) bond motifs is 1. The Morgan fingerprint density at radius 3 is 2.64 bits per heavy atom. The summed E-state index contributed by atoms with van der Waals surface area (Å²) in [5, 5.41) is 16.0. The fourth-order valence-electron chi connectivity index (χ4n) is 4.23. The highest BCUT2D eigenvalue weighted by Gasteiger charge is 2.36. The highest BCUT2D eigenvalue weighted by atomic mass is 32.2. The minimum absolute atomic E-state index is 0.0801. The second-order valence-corrected chi connectivity index (χ2v) is 13.2. The van der Waals surface area contributed by atoms with Gasteiger partial charge in [0.05, 0.1) is 23.4 Å². The van der Waals surface area contributed by atoms with Crippen molar-refractivity contribution < 1.29 is 27.9 Å². The van der Waals surface area contributed by atoms with E-state index in [1.54, 1.807) is 19.1 Å². The molecule has 1 aliphatic heterocycles. The quantitative estimate of drug-likeness (QED) is 0.261. The van der Waals surface area contributed by atoms with Gasteiger partial charge in [-0.05, 0) is 58.0 Å². The van der Waals surface area contributed by atoms with Crippen molar-refractivity contribution in [2.45, 2.75) is 42.4 Å². The van der Waals surface area contributed by atoms with Crippen LogP contribution in [0.5, 0.6) is 5.88 Å². The summed E-state index contributed by atoms with van der Waals surface area (Å²) in [6.45, 7) is 3.98. The molecule has 2 aromatic heterocycles. The molecular formula is C26H31N5O6S2. The Hall–Kier alpha value is -3.13. The standard InChI is InChI=1S/C26H31N5O6S2/c1-16(14-32)37-30-23(18-3-5-19(6-4-18)39(34,35)20-7-8-20)24(33)29-26-27-21-9-10-22(28-25(21)38-26)36-15-17-11-12-31(2)13-17/h3-6,9-10,16-17,20,32H,7-8,11-15H2,1-2H3,(H,27,29,33)/b30-23+/t16-,17?/m1/s1. The molecule has 5 rings (SSSR count). The summed E-state index contributed by atoms with van der Waals surface area (Å²) in [6, 6.07) is 9.53. The number of nitrogens with zero attached hydrogens (tertiary/aromatic N) is 4. The normalized spacial score (nSPS) is 19.3. The lowest BCUT2D eigenvalue weighted by atomic mass is 10.1. The van der Waals surface area contributed by atoms with Crippen LogP contribution in [0.1, 0.15) is 31.7 Å². The van der Waals surface area contributed by atoms with Gasteiger partial charge in [0.15, 0.2) is 20.7 Å². The van der Waals surface area contributed by atoms with Crippen molar-refractivity contribution >= 4 is 48.3 Å². The van der Waals surface area contributed by atoms with Crippen molar-refractivity contribution in [3.05, 3.63) is 42.0 Å². The van der Waals surface area contributed by atoms with Gasteiger partial charge in [-0.15, -0.1) is 0 Å². The predicted octanol–water partition coefficient (Wildman–Crippen LogP) is 2.70. The average molecular weight is 574 g/mol. The summed E-state index contributed by atoms with van der Waals surface area (Å²) in [6.07, 6.45) is 1.78. The Balaban J connectivity index is 1.31. The van der Waals surface area contributed by atoms with E-state index in [1.165, 1.54) is 35.6 Å². The molecule has 3 heterocycles. The molecule has 0 bridgehead atoms. The molecule has 1 saturated carbocycles. The molecule has 1 unspecified atom stereocenters. The van der Waals surface area contributed by atoms with Crippen LogP contribution in [0.4, 0.5) is 5.13 Å². The highest BCUT2D eigenvalue weighted by molar-refractivity contribution is 7.92. The van der Waals surface area contributed by atoms with E-state index in [0.29, 0.717) is 52.3 Å². The van der Waals surface area contributed by atoms with Crippen LogP contribution in [0.25, 0.3) is 10.3 Å². The maximum atomic E-state index is 13.2. The van der Waals surface area contributed by atoms with Gasteiger partial charge in [0.1, 0.15) is 16.5 Å². The molecule has 0 radical (unpaired) electrons. The molecular weight excluding hydrogens is 542 g/mol. The van der Waals surface area contributed by atoms with Crippen LogP contribution in [-0.4, -0.2) is 84.7 Å². The first kappa shape index (κ1) is 27.4. The summed E-state index contributed by atoms with van der Waals surface area (Å²) in [4.78, 5) is 30.6. The lowest BCUT2D eigenvalue weighted by Gasteiger charge is -2.11. The molecule has 2 fully saturated rings. The largest absolute Gasteiger partial charge is 0.477 e.